The quantitative estimate of drug-likeness (QED) is 0.907. The van der Waals surface area contributed by atoms with Gasteiger partial charge in [-0.25, -0.2) is 0 Å². The van der Waals surface area contributed by atoms with Gasteiger partial charge in [-0.15, -0.1) is 0 Å². The number of piperidine rings is 1. The first kappa shape index (κ1) is 13.7. The predicted molar refractivity (Wildman–Crippen MR) is 73.4 cm³/mol. The normalized spacial score (nSPS) is 15.3. The van der Waals surface area contributed by atoms with Crippen LogP contribution in [0.3, 0.4) is 0 Å². The van der Waals surface area contributed by atoms with Gasteiger partial charge in [0.25, 0.3) is 0 Å². The number of hydrogen-bond acceptors (Lipinski definition) is 3. The Kier molecular flexibility index (Phi) is 4.66. The van der Waals surface area contributed by atoms with E-state index in [1.807, 2.05) is 4.90 Å². The molecule has 0 bridgehead atoms. The number of amides is 1. The van der Waals surface area contributed by atoms with Crippen LogP contribution in [0.15, 0.2) is 18.2 Å². The average molecular weight is 263 g/mol. The van der Waals surface area contributed by atoms with Gasteiger partial charge in [0.15, 0.2) is 0 Å². The maximum absolute atomic E-state index is 12.1. The second-order valence-electron chi connectivity index (χ2n) is 4.94. The number of carbonyl (C=O) groups excluding carboxylic acids is 1. The standard InChI is InChI=1S/C15H21NO3/c1-19-13-6-7-14(17)12(11-13)5-8-15(18)16-9-3-2-4-10-16/h6-7,11,17H,2-5,8-10H2,1H3. The number of aryl methyl sites for hydroxylation is 1. The lowest BCUT2D eigenvalue weighted by Gasteiger charge is -2.26. The molecule has 1 aromatic rings. The van der Waals surface area contributed by atoms with Crippen LogP contribution in [0.1, 0.15) is 31.2 Å². The number of rotatable bonds is 4. The van der Waals surface area contributed by atoms with Gasteiger partial charge in [-0.05, 0) is 49.4 Å². The topological polar surface area (TPSA) is 49.8 Å². The van der Waals surface area contributed by atoms with E-state index in [4.69, 9.17) is 4.74 Å². The molecule has 0 spiro atoms. The molecule has 0 saturated carbocycles. The Bertz CT molecular complexity index is 439. The first-order chi connectivity index (χ1) is 9.20. The monoisotopic (exact) mass is 263 g/mol. The summed E-state index contributed by atoms with van der Waals surface area (Å²) in [5, 5.41) is 9.77. The Hall–Kier alpha value is -1.71. The Labute approximate surface area is 114 Å². The molecule has 0 radical (unpaired) electrons. The van der Waals surface area contributed by atoms with Gasteiger partial charge in [-0.2, -0.15) is 0 Å². The van der Waals surface area contributed by atoms with Crippen molar-refractivity contribution in [1.82, 2.24) is 4.90 Å². The van der Waals surface area contributed by atoms with Crippen molar-refractivity contribution in [3.05, 3.63) is 23.8 Å². The summed E-state index contributed by atoms with van der Waals surface area (Å²) in [6, 6.07) is 5.11. The van der Waals surface area contributed by atoms with E-state index in [0.717, 1.165) is 31.5 Å². The third-order valence-electron chi connectivity index (χ3n) is 3.60. The first-order valence-corrected chi connectivity index (χ1v) is 6.84. The summed E-state index contributed by atoms with van der Waals surface area (Å²) >= 11 is 0. The molecular weight excluding hydrogens is 242 g/mol. The van der Waals surface area contributed by atoms with E-state index in [2.05, 4.69) is 0 Å². The van der Waals surface area contributed by atoms with E-state index in [0.29, 0.717) is 18.6 Å². The molecule has 1 saturated heterocycles. The van der Waals surface area contributed by atoms with E-state index >= 15 is 0 Å². The van der Waals surface area contributed by atoms with Gasteiger partial charge in [-0.3, -0.25) is 4.79 Å². The van der Waals surface area contributed by atoms with Crippen LogP contribution in [-0.4, -0.2) is 36.1 Å². The molecule has 19 heavy (non-hydrogen) atoms. The fourth-order valence-electron chi connectivity index (χ4n) is 2.43. The molecule has 4 heteroatoms. The summed E-state index contributed by atoms with van der Waals surface area (Å²) in [5.41, 5.74) is 0.768. The second-order valence-corrected chi connectivity index (χ2v) is 4.94. The van der Waals surface area contributed by atoms with Gasteiger partial charge in [0.05, 0.1) is 7.11 Å². The largest absolute Gasteiger partial charge is 0.508 e. The molecule has 0 aromatic heterocycles. The van der Waals surface area contributed by atoms with Crippen molar-refractivity contribution in [2.24, 2.45) is 0 Å². The molecule has 2 rings (SSSR count). The smallest absolute Gasteiger partial charge is 0.222 e. The minimum Gasteiger partial charge on any atom is -0.508 e. The van der Waals surface area contributed by atoms with Crippen LogP contribution in [0.25, 0.3) is 0 Å². The average Bonchev–Trinajstić information content (AvgIpc) is 2.47. The lowest BCUT2D eigenvalue weighted by Crippen LogP contribution is -2.35. The Morgan fingerprint density at radius 1 is 1.32 bits per heavy atom. The summed E-state index contributed by atoms with van der Waals surface area (Å²) in [7, 11) is 1.59. The number of carbonyl (C=O) groups is 1. The zero-order valence-corrected chi connectivity index (χ0v) is 11.4. The van der Waals surface area contributed by atoms with Crippen LogP contribution >= 0.6 is 0 Å². The zero-order chi connectivity index (χ0) is 13.7. The van der Waals surface area contributed by atoms with Crippen LogP contribution in [0.4, 0.5) is 0 Å². The van der Waals surface area contributed by atoms with Crippen molar-refractivity contribution < 1.29 is 14.6 Å². The van der Waals surface area contributed by atoms with E-state index in [1.165, 1.54) is 6.42 Å². The number of phenols is 1. The van der Waals surface area contributed by atoms with Crippen molar-refractivity contribution in [3.8, 4) is 11.5 Å². The second kappa shape index (κ2) is 6.45. The van der Waals surface area contributed by atoms with Crippen LogP contribution in [-0.2, 0) is 11.2 Å². The van der Waals surface area contributed by atoms with Crippen LogP contribution in [0.5, 0.6) is 11.5 Å². The number of ether oxygens (including phenoxy) is 1. The van der Waals surface area contributed by atoms with Crippen molar-refractivity contribution in [2.75, 3.05) is 20.2 Å². The van der Waals surface area contributed by atoms with Gasteiger partial charge in [0.2, 0.25) is 5.91 Å². The molecule has 104 valence electrons. The fraction of sp³-hybridized carbons (Fsp3) is 0.533. The van der Waals surface area contributed by atoms with Crippen molar-refractivity contribution in [1.29, 1.82) is 0 Å². The summed E-state index contributed by atoms with van der Waals surface area (Å²) in [6.45, 7) is 1.76. The molecular formula is C15H21NO3. The third kappa shape index (κ3) is 3.63. The maximum atomic E-state index is 12.1. The lowest BCUT2D eigenvalue weighted by atomic mass is 10.1. The summed E-state index contributed by atoms with van der Waals surface area (Å²) in [5.74, 6) is 1.12. The van der Waals surface area contributed by atoms with Gasteiger partial charge >= 0.3 is 0 Å². The molecule has 1 heterocycles. The number of aromatic hydroxyl groups is 1. The minimum atomic E-state index is 0.182. The molecule has 1 N–H and O–H groups in total. The SMILES string of the molecule is COc1ccc(O)c(CCC(=O)N2CCCCC2)c1. The minimum absolute atomic E-state index is 0.182. The molecule has 4 nitrogen and oxygen atoms in total. The molecule has 1 aromatic carbocycles. The van der Waals surface area contributed by atoms with E-state index in [-0.39, 0.29) is 11.7 Å². The number of benzene rings is 1. The molecule has 1 aliphatic heterocycles. The third-order valence-corrected chi connectivity index (χ3v) is 3.60. The summed E-state index contributed by atoms with van der Waals surface area (Å²) < 4.78 is 5.13. The number of likely N-dealkylation sites (tertiary alicyclic amines) is 1. The fourth-order valence-corrected chi connectivity index (χ4v) is 2.43. The Morgan fingerprint density at radius 3 is 2.74 bits per heavy atom. The van der Waals surface area contributed by atoms with E-state index in [9.17, 15) is 9.90 Å². The molecule has 0 atom stereocenters. The van der Waals surface area contributed by atoms with E-state index < -0.39 is 0 Å². The highest BCUT2D eigenvalue weighted by Gasteiger charge is 2.16. The number of hydrogen-bond donors (Lipinski definition) is 1. The Morgan fingerprint density at radius 2 is 2.05 bits per heavy atom. The predicted octanol–water partition coefficient (Wildman–Crippen LogP) is 2.35. The highest BCUT2D eigenvalue weighted by atomic mass is 16.5. The maximum Gasteiger partial charge on any atom is 0.222 e. The van der Waals surface area contributed by atoms with Gasteiger partial charge in [0.1, 0.15) is 11.5 Å². The van der Waals surface area contributed by atoms with Crippen molar-refractivity contribution in [3.63, 3.8) is 0 Å². The first-order valence-electron chi connectivity index (χ1n) is 6.84. The summed E-state index contributed by atoms with van der Waals surface area (Å²) in [6.07, 6.45) is 4.44. The highest BCUT2D eigenvalue weighted by molar-refractivity contribution is 5.76. The molecule has 1 fully saturated rings. The molecule has 0 aliphatic carbocycles. The lowest BCUT2D eigenvalue weighted by molar-refractivity contribution is -0.132. The molecule has 1 amide bonds. The number of methoxy groups -OCH3 is 1. The van der Waals surface area contributed by atoms with Crippen LogP contribution in [0, 0.1) is 0 Å². The summed E-state index contributed by atoms with van der Waals surface area (Å²) in [4.78, 5) is 14.0. The Balaban J connectivity index is 1.92. The molecule has 0 unspecified atom stereocenters. The number of phenolic OH excluding ortho intramolecular Hbond substituents is 1. The van der Waals surface area contributed by atoms with E-state index in [1.54, 1.807) is 25.3 Å². The van der Waals surface area contributed by atoms with Crippen molar-refractivity contribution >= 4 is 5.91 Å². The number of nitrogens with zero attached hydrogens (tertiary/aromatic N) is 1. The molecule has 1 aliphatic rings. The van der Waals surface area contributed by atoms with Crippen LogP contribution in [0.2, 0.25) is 0 Å². The van der Waals surface area contributed by atoms with Gasteiger partial charge < -0.3 is 14.7 Å². The van der Waals surface area contributed by atoms with Crippen LogP contribution < -0.4 is 4.74 Å². The highest BCUT2D eigenvalue weighted by Crippen LogP contribution is 2.24. The van der Waals surface area contributed by atoms with Gasteiger partial charge in [-0.1, -0.05) is 0 Å². The van der Waals surface area contributed by atoms with Gasteiger partial charge in [0, 0.05) is 19.5 Å². The zero-order valence-electron chi connectivity index (χ0n) is 11.4. The van der Waals surface area contributed by atoms with Crippen molar-refractivity contribution in [2.45, 2.75) is 32.1 Å².